The maximum atomic E-state index is 10.9. The summed E-state index contributed by atoms with van der Waals surface area (Å²) in [4.78, 5) is 21.4. The van der Waals surface area contributed by atoms with E-state index in [0.717, 1.165) is 31.2 Å². The van der Waals surface area contributed by atoms with Crippen molar-refractivity contribution in [2.45, 2.75) is 32.6 Å². The molecule has 102 valence electrons. The molecular formula is C15H16BaO4. The summed E-state index contributed by atoms with van der Waals surface area (Å²) in [7, 11) is 0. The third kappa shape index (κ3) is 6.76. The van der Waals surface area contributed by atoms with Gasteiger partial charge in [-0.3, -0.25) is 0 Å². The van der Waals surface area contributed by atoms with E-state index in [4.69, 9.17) is 0 Å². The van der Waals surface area contributed by atoms with Gasteiger partial charge < -0.3 is 19.8 Å². The molecule has 1 rings (SSSR count). The fourth-order valence-electron chi connectivity index (χ4n) is 1.85. The smallest absolute Gasteiger partial charge is 0.545 e. The molecule has 0 aliphatic heterocycles. The van der Waals surface area contributed by atoms with E-state index in [1.807, 2.05) is 6.07 Å². The number of carbonyl (C=O) groups excluding carboxylic acids is 2. The zero-order valence-corrected chi connectivity index (χ0v) is 16.0. The molecule has 1 aromatic carbocycles. The number of carboxylic acid groups (broad SMARTS) is 2. The first kappa shape index (κ1) is 19.5. The summed E-state index contributed by atoms with van der Waals surface area (Å²) in [6.45, 7) is 2.10. The summed E-state index contributed by atoms with van der Waals surface area (Å²) in [6, 6.07) is 6.84. The van der Waals surface area contributed by atoms with Crippen LogP contribution in [0.2, 0.25) is 0 Å². The minimum atomic E-state index is -1.55. The van der Waals surface area contributed by atoms with Gasteiger partial charge in [0.1, 0.15) is 0 Å². The second-order valence-electron chi connectivity index (χ2n) is 4.32. The Bertz CT molecular complexity index is 494. The molecule has 0 unspecified atom stereocenters. The molecule has 0 saturated carbocycles. The van der Waals surface area contributed by atoms with Crippen molar-refractivity contribution in [1.82, 2.24) is 0 Å². The predicted octanol–water partition coefficient (Wildman–Crippen LogP) is -0.0783. The molecule has 1 aromatic rings. The molecule has 0 fully saturated rings. The van der Waals surface area contributed by atoms with Crippen LogP contribution in [0.15, 0.2) is 30.3 Å². The van der Waals surface area contributed by atoms with Crippen LogP contribution in [0.3, 0.4) is 0 Å². The topological polar surface area (TPSA) is 80.3 Å². The van der Waals surface area contributed by atoms with Crippen LogP contribution in [-0.4, -0.2) is 60.8 Å². The molecule has 0 atom stereocenters. The molecule has 0 spiro atoms. The number of benzene rings is 1. The molecular weight excluding hydrogens is 381 g/mol. The molecule has 5 heteroatoms. The Labute approximate surface area is 159 Å². The van der Waals surface area contributed by atoms with Crippen molar-refractivity contribution in [1.29, 1.82) is 0 Å². The van der Waals surface area contributed by atoms with Crippen LogP contribution in [0.4, 0.5) is 0 Å². The van der Waals surface area contributed by atoms with Gasteiger partial charge in [0.2, 0.25) is 0 Å². The van der Waals surface area contributed by atoms with Crippen LogP contribution in [0.1, 0.15) is 37.3 Å². The molecule has 4 nitrogen and oxygen atoms in total. The largest absolute Gasteiger partial charge is 2.00 e. The van der Waals surface area contributed by atoms with Gasteiger partial charge in [0.25, 0.3) is 0 Å². The Hall–Kier alpha value is -0.529. The van der Waals surface area contributed by atoms with Gasteiger partial charge in [-0.05, 0) is 30.0 Å². The van der Waals surface area contributed by atoms with E-state index >= 15 is 0 Å². The van der Waals surface area contributed by atoms with Crippen molar-refractivity contribution in [2.75, 3.05) is 0 Å². The van der Waals surface area contributed by atoms with E-state index in [9.17, 15) is 19.8 Å². The van der Waals surface area contributed by atoms with Crippen LogP contribution >= 0.6 is 0 Å². The predicted molar refractivity (Wildman–Crippen MR) is 73.4 cm³/mol. The SMILES string of the molecule is CCCCCc1cccc(/C(=C/C(=O)[O-])C(=O)[O-])c1.[Ba+2]. The first-order valence-corrected chi connectivity index (χ1v) is 6.28. The average molecular weight is 398 g/mol. The third-order valence-electron chi connectivity index (χ3n) is 2.79. The van der Waals surface area contributed by atoms with Crippen molar-refractivity contribution < 1.29 is 19.8 Å². The second-order valence-corrected chi connectivity index (χ2v) is 4.32. The summed E-state index contributed by atoms with van der Waals surface area (Å²) in [5.41, 5.74) is 0.951. The first-order chi connectivity index (χ1) is 9.04. The third-order valence-corrected chi connectivity index (χ3v) is 2.79. The Morgan fingerprint density at radius 3 is 2.45 bits per heavy atom. The van der Waals surface area contributed by atoms with Crippen molar-refractivity contribution in [3.05, 3.63) is 41.5 Å². The van der Waals surface area contributed by atoms with Gasteiger partial charge in [0.15, 0.2) is 0 Å². The average Bonchev–Trinajstić information content (AvgIpc) is 2.36. The number of aliphatic carboxylic acids is 2. The van der Waals surface area contributed by atoms with E-state index in [2.05, 4.69) is 6.92 Å². The molecule has 0 aliphatic carbocycles. The molecule has 0 saturated heterocycles. The summed E-state index contributed by atoms with van der Waals surface area (Å²) in [5.74, 6) is -3.06. The van der Waals surface area contributed by atoms with E-state index in [1.54, 1.807) is 18.2 Å². The van der Waals surface area contributed by atoms with Crippen LogP contribution in [0, 0.1) is 0 Å². The van der Waals surface area contributed by atoms with Gasteiger partial charge >= 0.3 is 48.9 Å². The number of aryl methyl sites for hydroxylation is 1. The number of unbranched alkanes of at least 4 members (excludes halogenated alkanes) is 2. The molecule has 0 radical (unpaired) electrons. The van der Waals surface area contributed by atoms with Gasteiger partial charge in [-0.2, -0.15) is 0 Å². The molecule has 0 aromatic heterocycles. The number of carbonyl (C=O) groups is 2. The van der Waals surface area contributed by atoms with Gasteiger partial charge in [-0.15, -0.1) is 0 Å². The quantitative estimate of drug-likeness (QED) is 0.366. The van der Waals surface area contributed by atoms with E-state index in [-0.39, 0.29) is 54.5 Å². The van der Waals surface area contributed by atoms with Gasteiger partial charge in [-0.25, -0.2) is 0 Å². The Morgan fingerprint density at radius 1 is 1.20 bits per heavy atom. The monoisotopic (exact) mass is 398 g/mol. The number of rotatable bonds is 7. The van der Waals surface area contributed by atoms with E-state index in [1.165, 1.54) is 0 Å². The molecule has 0 aliphatic rings. The molecule has 0 amide bonds. The molecule has 20 heavy (non-hydrogen) atoms. The van der Waals surface area contributed by atoms with Crippen LogP contribution in [0.5, 0.6) is 0 Å². The molecule has 0 bridgehead atoms. The molecule has 0 N–H and O–H groups in total. The summed E-state index contributed by atoms with van der Waals surface area (Å²) < 4.78 is 0. The Balaban J connectivity index is 0.00000361. The van der Waals surface area contributed by atoms with Crippen molar-refractivity contribution in [2.24, 2.45) is 0 Å². The fourth-order valence-corrected chi connectivity index (χ4v) is 1.85. The standard InChI is InChI=1S/C15H18O4.Ba/c1-2-3-4-6-11-7-5-8-12(9-11)13(15(18)19)10-14(16)17;/h5,7-10H,2-4,6H2,1H3,(H,16,17)(H,18,19);/q;+2/p-2/b13-10-;. The summed E-state index contributed by atoms with van der Waals surface area (Å²) in [5, 5.41) is 21.4. The van der Waals surface area contributed by atoms with E-state index in [0.29, 0.717) is 11.6 Å². The van der Waals surface area contributed by atoms with Gasteiger partial charge in [-0.1, -0.05) is 44.0 Å². The van der Waals surface area contributed by atoms with Gasteiger partial charge in [0, 0.05) is 5.57 Å². The maximum Gasteiger partial charge on any atom is 2.00 e. The summed E-state index contributed by atoms with van der Waals surface area (Å²) >= 11 is 0. The summed E-state index contributed by atoms with van der Waals surface area (Å²) in [6.07, 6.45) is 4.62. The fraction of sp³-hybridized carbons (Fsp3) is 0.333. The first-order valence-electron chi connectivity index (χ1n) is 6.28. The minimum Gasteiger partial charge on any atom is -0.545 e. The normalized spacial score (nSPS) is 10.8. The van der Waals surface area contributed by atoms with Gasteiger partial charge in [0.05, 0.1) is 11.9 Å². The number of hydrogen-bond acceptors (Lipinski definition) is 4. The zero-order valence-electron chi connectivity index (χ0n) is 11.6. The van der Waals surface area contributed by atoms with Crippen molar-refractivity contribution >= 4 is 66.4 Å². The minimum absolute atomic E-state index is 0. The van der Waals surface area contributed by atoms with Crippen LogP contribution in [0.25, 0.3) is 5.57 Å². The van der Waals surface area contributed by atoms with Crippen LogP contribution in [-0.2, 0) is 16.0 Å². The molecule has 0 heterocycles. The zero-order chi connectivity index (χ0) is 14.3. The van der Waals surface area contributed by atoms with Crippen LogP contribution < -0.4 is 10.2 Å². The Kier molecular flexibility index (Phi) is 9.96. The second kappa shape index (κ2) is 10.2. The van der Waals surface area contributed by atoms with E-state index < -0.39 is 11.9 Å². The van der Waals surface area contributed by atoms with Crippen molar-refractivity contribution in [3.63, 3.8) is 0 Å². The number of hydrogen-bond donors (Lipinski definition) is 0. The number of carboxylic acids is 2. The Morgan fingerprint density at radius 2 is 1.90 bits per heavy atom. The van der Waals surface area contributed by atoms with Crippen molar-refractivity contribution in [3.8, 4) is 0 Å². The maximum absolute atomic E-state index is 10.9.